The molecule has 2 unspecified atom stereocenters. The third-order valence-corrected chi connectivity index (χ3v) is 4.06. The summed E-state index contributed by atoms with van der Waals surface area (Å²) < 4.78 is 6.97. The summed E-state index contributed by atoms with van der Waals surface area (Å²) in [6.45, 7) is 9.00. The van der Waals surface area contributed by atoms with Crippen molar-refractivity contribution in [3.05, 3.63) is 12.4 Å². The standard InChI is InChI=1S/C14H25N3O2S/c1-6-15-14(4,13(18)19-7-2)8-11(3)20-12-9-16-17(5)10-12/h9-11,15H,6-8H2,1-5H3. The van der Waals surface area contributed by atoms with Gasteiger partial charge in [-0.15, -0.1) is 11.8 Å². The number of carbonyl (C=O) groups is 1. The van der Waals surface area contributed by atoms with Crippen LogP contribution in [0.15, 0.2) is 17.3 Å². The number of hydrogen-bond acceptors (Lipinski definition) is 5. The molecule has 2 atom stereocenters. The number of aryl methyl sites for hydroxylation is 1. The van der Waals surface area contributed by atoms with E-state index in [1.54, 1.807) is 16.4 Å². The lowest BCUT2D eigenvalue weighted by atomic mass is 9.96. The van der Waals surface area contributed by atoms with Crippen LogP contribution in [0.4, 0.5) is 0 Å². The van der Waals surface area contributed by atoms with Gasteiger partial charge in [-0.2, -0.15) is 5.10 Å². The SMILES string of the molecule is CCNC(C)(CC(C)Sc1cnn(C)c1)C(=O)OCC. The first-order valence-electron chi connectivity index (χ1n) is 6.98. The van der Waals surface area contributed by atoms with E-state index in [1.807, 2.05) is 40.2 Å². The topological polar surface area (TPSA) is 56.2 Å². The Hall–Kier alpha value is -1.01. The molecule has 0 saturated carbocycles. The zero-order chi connectivity index (χ0) is 15.2. The van der Waals surface area contributed by atoms with Crippen molar-refractivity contribution in [1.82, 2.24) is 15.1 Å². The van der Waals surface area contributed by atoms with Crippen molar-refractivity contribution in [3.8, 4) is 0 Å². The second kappa shape index (κ2) is 7.69. The molecule has 114 valence electrons. The van der Waals surface area contributed by atoms with Gasteiger partial charge in [0.25, 0.3) is 0 Å². The van der Waals surface area contributed by atoms with E-state index in [0.29, 0.717) is 13.0 Å². The number of nitrogens with one attached hydrogen (secondary N) is 1. The number of likely N-dealkylation sites (N-methyl/N-ethyl adjacent to an activating group) is 1. The van der Waals surface area contributed by atoms with E-state index in [4.69, 9.17) is 4.74 Å². The predicted molar refractivity (Wildman–Crippen MR) is 81.9 cm³/mol. The van der Waals surface area contributed by atoms with Crippen molar-refractivity contribution in [1.29, 1.82) is 0 Å². The van der Waals surface area contributed by atoms with Crippen molar-refractivity contribution in [2.45, 2.75) is 49.8 Å². The first-order valence-corrected chi connectivity index (χ1v) is 7.86. The van der Waals surface area contributed by atoms with Crippen LogP contribution in [0.1, 0.15) is 34.1 Å². The molecular formula is C14H25N3O2S. The number of nitrogens with zero attached hydrogens (tertiary/aromatic N) is 2. The fraction of sp³-hybridized carbons (Fsp3) is 0.714. The number of hydrogen-bond donors (Lipinski definition) is 1. The molecule has 0 amide bonds. The minimum atomic E-state index is -0.639. The fourth-order valence-electron chi connectivity index (χ4n) is 2.22. The Kier molecular flexibility index (Phi) is 6.55. The van der Waals surface area contributed by atoms with Gasteiger partial charge in [0, 0.05) is 23.4 Å². The van der Waals surface area contributed by atoms with E-state index in [0.717, 1.165) is 11.4 Å². The highest BCUT2D eigenvalue weighted by molar-refractivity contribution is 7.99. The molecule has 20 heavy (non-hydrogen) atoms. The molecule has 6 heteroatoms. The Morgan fingerprint density at radius 2 is 2.30 bits per heavy atom. The molecule has 5 nitrogen and oxygen atoms in total. The first kappa shape index (κ1) is 17.0. The maximum Gasteiger partial charge on any atom is 0.326 e. The highest BCUT2D eigenvalue weighted by Crippen LogP contribution is 2.28. The zero-order valence-corrected chi connectivity index (χ0v) is 13.8. The van der Waals surface area contributed by atoms with Gasteiger partial charge in [0.2, 0.25) is 0 Å². The van der Waals surface area contributed by atoms with Crippen LogP contribution in [-0.4, -0.2) is 39.7 Å². The van der Waals surface area contributed by atoms with Crippen LogP contribution >= 0.6 is 11.8 Å². The maximum absolute atomic E-state index is 12.1. The van der Waals surface area contributed by atoms with Crippen molar-refractivity contribution in [2.24, 2.45) is 7.05 Å². The molecule has 1 rings (SSSR count). The summed E-state index contributed by atoms with van der Waals surface area (Å²) >= 11 is 1.72. The van der Waals surface area contributed by atoms with E-state index in [-0.39, 0.29) is 11.2 Å². The van der Waals surface area contributed by atoms with Crippen LogP contribution in [0.5, 0.6) is 0 Å². The zero-order valence-electron chi connectivity index (χ0n) is 13.0. The minimum absolute atomic E-state index is 0.180. The molecular weight excluding hydrogens is 274 g/mol. The molecule has 0 fully saturated rings. The van der Waals surface area contributed by atoms with Crippen molar-refractivity contribution in [2.75, 3.05) is 13.2 Å². The summed E-state index contributed by atoms with van der Waals surface area (Å²) in [7, 11) is 1.90. The van der Waals surface area contributed by atoms with Gasteiger partial charge in [0.15, 0.2) is 0 Å². The molecule has 1 aromatic rings. The van der Waals surface area contributed by atoms with E-state index in [2.05, 4.69) is 17.3 Å². The quantitative estimate of drug-likeness (QED) is 0.589. The van der Waals surface area contributed by atoms with Crippen molar-refractivity contribution < 1.29 is 9.53 Å². The summed E-state index contributed by atoms with van der Waals surface area (Å²) in [6, 6.07) is 0. The van der Waals surface area contributed by atoms with Gasteiger partial charge in [0.1, 0.15) is 5.54 Å². The second-order valence-corrected chi connectivity index (χ2v) is 6.58. The van der Waals surface area contributed by atoms with Gasteiger partial charge in [-0.25, -0.2) is 0 Å². The molecule has 1 N–H and O–H groups in total. The highest BCUT2D eigenvalue weighted by Gasteiger charge is 2.35. The highest BCUT2D eigenvalue weighted by atomic mass is 32.2. The number of aromatic nitrogens is 2. The third kappa shape index (κ3) is 4.83. The summed E-state index contributed by atoms with van der Waals surface area (Å²) in [4.78, 5) is 13.3. The van der Waals surface area contributed by atoms with Gasteiger partial charge in [0.05, 0.1) is 12.8 Å². The Morgan fingerprint density at radius 1 is 1.60 bits per heavy atom. The minimum Gasteiger partial charge on any atom is -0.465 e. The lowest BCUT2D eigenvalue weighted by molar-refractivity contribution is -0.150. The van der Waals surface area contributed by atoms with Crippen molar-refractivity contribution >= 4 is 17.7 Å². The Balaban J connectivity index is 2.66. The largest absolute Gasteiger partial charge is 0.465 e. The lowest BCUT2D eigenvalue weighted by Gasteiger charge is -2.30. The number of rotatable bonds is 8. The normalized spacial score (nSPS) is 15.7. The molecule has 1 aromatic heterocycles. The van der Waals surface area contributed by atoms with Crippen LogP contribution < -0.4 is 5.32 Å². The van der Waals surface area contributed by atoms with Crippen LogP contribution in [0.3, 0.4) is 0 Å². The Bertz CT molecular complexity index is 436. The first-order chi connectivity index (χ1) is 9.41. The number of esters is 1. The Morgan fingerprint density at radius 3 is 2.80 bits per heavy atom. The van der Waals surface area contributed by atoms with Gasteiger partial charge in [-0.3, -0.25) is 9.48 Å². The van der Waals surface area contributed by atoms with Crippen LogP contribution in [0.2, 0.25) is 0 Å². The number of ether oxygens (including phenoxy) is 1. The summed E-state index contributed by atoms with van der Waals surface area (Å²) in [6.07, 6.45) is 4.53. The molecule has 0 aliphatic carbocycles. The molecule has 0 radical (unpaired) electrons. The molecule has 0 aliphatic heterocycles. The van der Waals surface area contributed by atoms with E-state index >= 15 is 0 Å². The summed E-state index contributed by atoms with van der Waals surface area (Å²) in [5, 5.41) is 7.70. The fourth-order valence-corrected chi connectivity index (χ4v) is 3.42. The molecule has 0 aliphatic rings. The number of thioether (sulfide) groups is 1. The van der Waals surface area contributed by atoms with Gasteiger partial charge in [-0.1, -0.05) is 13.8 Å². The third-order valence-electron chi connectivity index (χ3n) is 3.01. The molecule has 0 spiro atoms. The average molecular weight is 299 g/mol. The summed E-state index contributed by atoms with van der Waals surface area (Å²) in [5.74, 6) is -0.180. The van der Waals surface area contributed by atoms with Gasteiger partial charge < -0.3 is 10.1 Å². The molecule has 1 heterocycles. The van der Waals surface area contributed by atoms with Crippen LogP contribution in [0, 0.1) is 0 Å². The molecule has 0 bridgehead atoms. The Labute approximate surface area is 125 Å². The van der Waals surface area contributed by atoms with E-state index in [9.17, 15) is 4.79 Å². The predicted octanol–water partition coefficient (Wildman–Crippen LogP) is 2.22. The monoisotopic (exact) mass is 299 g/mol. The van der Waals surface area contributed by atoms with Crippen molar-refractivity contribution in [3.63, 3.8) is 0 Å². The van der Waals surface area contributed by atoms with E-state index in [1.165, 1.54) is 0 Å². The molecule has 0 aromatic carbocycles. The number of carbonyl (C=O) groups excluding carboxylic acids is 1. The molecule has 0 saturated heterocycles. The average Bonchev–Trinajstić information content (AvgIpc) is 2.74. The van der Waals surface area contributed by atoms with Gasteiger partial charge in [-0.05, 0) is 26.8 Å². The van der Waals surface area contributed by atoms with Gasteiger partial charge >= 0.3 is 5.97 Å². The maximum atomic E-state index is 12.1. The smallest absolute Gasteiger partial charge is 0.326 e. The lowest BCUT2D eigenvalue weighted by Crippen LogP contribution is -2.51. The van der Waals surface area contributed by atoms with Crippen LogP contribution in [-0.2, 0) is 16.6 Å². The van der Waals surface area contributed by atoms with E-state index < -0.39 is 5.54 Å². The second-order valence-electron chi connectivity index (χ2n) is 5.07. The summed E-state index contributed by atoms with van der Waals surface area (Å²) in [5.41, 5.74) is -0.639. The van der Waals surface area contributed by atoms with Crippen LogP contribution in [0.25, 0.3) is 0 Å².